The number of carbonyl (C=O) groups excluding carboxylic acids is 1. The summed E-state index contributed by atoms with van der Waals surface area (Å²) in [5.41, 5.74) is 1.58. The maximum Gasteiger partial charge on any atom is 0.225 e. The van der Waals surface area contributed by atoms with Gasteiger partial charge in [-0.15, -0.1) is 11.6 Å². The molecule has 104 valence electrons. The van der Waals surface area contributed by atoms with E-state index in [0.717, 1.165) is 5.56 Å². The first-order valence-corrected chi connectivity index (χ1v) is 8.11. The van der Waals surface area contributed by atoms with Crippen molar-refractivity contribution in [2.24, 2.45) is 0 Å². The van der Waals surface area contributed by atoms with Crippen molar-refractivity contribution in [2.75, 3.05) is 22.7 Å². The molecule has 0 fully saturated rings. The smallest absolute Gasteiger partial charge is 0.225 e. The molecule has 1 aromatic carbocycles. The second-order valence-electron chi connectivity index (χ2n) is 3.97. The van der Waals surface area contributed by atoms with E-state index >= 15 is 0 Å². The minimum atomic E-state index is -3.24. The molecule has 1 N–H and O–H groups in total. The Morgan fingerprint density at radius 1 is 1.26 bits per heavy atom. The summed E-state index contributed by atoms with van der Waals surface area (Å²) in [6, 6.07) is 7.10. The van der Waals surface area contributed by atoms with Crippen LogP contribution in [0, 0.1) is 0 Å². The highest BCUT2D eigenvalue weighted by Crippen LogP contribution is 2.10. The van der Waals surface area contributed by atoms with Crippen LogP contribution >= 0.6 is 11.6 Å². The molecule has 4 nitrogen and oxygen atoms in total. The van der Waals surface area contributed by atoms with Gasteiger partial charge in [0.2, 0.25) is 5.91 Å². The summed E-state index contributed by atoms with van der Waals surface area (Å²) in [4.78, 5) is 11.6. The highest BCUT2D eigenvalue weighted by molar-refractivity contribution is 7.91. The van der Waals surface area contributed by atoms with Gasteiger partial charge in [-0.2, -0.15) is 0 Å². The minimum absolute atomic E-state index is 0.0486. The molecule has 0 radical (unpaired) electrons. The van der Waals surface area contributed by atoms with E-state index in [2.05, 4.69) is 11.9 Å². The van der Waals surface area contributed by atoms with Crippen LogP contribution in [0.1, 0.15) is 12.0 Å². The first-order valence-electron chi connectivity index (χ1n) is 5.75. The van der Waals surface area contributed by atoms with Crippen LogP contribution in [0.3, 0.4) is 0 Å². The fourth-order valence-corrected chi connectivity index (χ4v) is 3.03. The molecule has 0 heterocycles. The van der Waals surface area contributed by atoms with Crippen LogP contribution in [0.2, 0.25) is 0 Å². The predicted molar refractivity (Wildman–Crippen MR) is 79.2 cm³/mol. The maximum atomic E-state index is 11.6. The number of amides is 1. The zero-order chi connectivity index (χ0) is 14.3. The summed E-state index contributed by atoms with van der Waals surface area (Å²) in [5.74, 6) is -0.566. The van der Waals surface area contributed by atoms with Gasteiger partial charge in [-0.1, -0.05) is 24.8 Å². The third-order valence-electron chi connectivity index (χ3n) is 2.46. The monoisotopic (exact) mass is 301 g/mol. The molecule has 0 saturated carbocycles. The summed E-state index contributed by atoms with van der Waals surface area (Å²) in [6.45, 7) is 3.63. The van der Waals surface area contributed by atoms with Gasteiger partial charge in [-0.25, -0.2) is 8.42 Å². The molecule has 6 heteroatoms. The highest BCUT2D eigenvalue weighted by Gasteiger charge is 2.12. The van der Waals surface area contributed by atoms with E-state index < -0.39 is 9.84 Å². The Bertz CT molecular complexity index is 538. The summed E-state index contributed by atoms with van der Waals surface area (Å²) in [5, 5.41) is 2.64. The Balaban J connectivity index is 2.49. The topological polar surface area (TPSA) is 63.2 Å². The zero-order valence-electron chi connectivity index (χ0n) is 10.4. The molecular weight excluding hydrogens is 286 g/mol. The number of hydrogen-bond donors (Lipinski definition) is 1. The lowest BCUT2D eigenvalue weighted by atomic mass is 10.2. The number of anilines is 1. The molecule has 0 aliphatic carbocycles. The van der Waals surface area contributed by atoms with Gasteiger partial charge < -0.3 is 5.32 Å². The average Bonchev–Trinajstić information content (AvgIpc) is 2.37. The number of hydrogen-bond acceptors (Lipinski definition) is 3. The second kappa shape index (κ2) is 7.31. The van der Waals surface area contributed by atoms with Crippen molar-refractivity contribution in [1.82, 2.24) is 0 Å². The van der Waals surface area contributed by atoms with Gasteiger partial charge in [0.15, 0.2) is 9.84 Å². The third kappa shape index (κ3) is 5.89. The number of alkyl halides is 1. The molecule has 1 rings (SSSR count). The molecule has 1 aromatic rings. The van der Waals surface area contributed by atoms with Gasteiger partial charge in [0.25, 0.3) is 0 Å². The van der Waals surface area contributed by atoms with Gasteiger partial charge in [0, 0.05) is 18.0 Å². The van der Waals surface area contributed by atoms with Crippen molar-refractivity contribution in [3.05, 3.63) is 36.4 Å². The number of sulfone groups is 1. The number of rotatable bonds is 7. The molecule has 0 atom stereocenters. The first-order chi connectivity index (χ1) is 8.96. The van der Waals surface area contributed by atoms with E-state index in [9.17, 15) is 13.2 Å². The minimum Gasteiger partial charge on any atom is -0.326 e. The Hall–Kier alpha value is -1.33. The van der Waals surface area contributed by atoms with Gasteiger partial charge >= 0.3 is 0 Å². The molecule has 0 unspecified atom stereocenters. The molecule has 0 aliphatic rings. The SMILES string of the molecule is C=Cc1ccc(NC(=O)CCS(=O)(=O)CCCl)cc1. The average molecular weight is 302 g/mol. The van der Waals surface area contributed by atoms with Crippen molar-refractivity contribution in [2.45, 2.75) is 6.42 Å². The van der Waals surface area contributed by atoms with Gasteiger partial charge in [0.1, 0.15) is 0 Å². The van der Waals surface area contributed by atoms with E-state index in [1.807, 2.05) is 12.1 Å². The lowest BCUT2D eigenvalue weighted by molar-refractivity contribution is -0.115. The fourth-order valence-electron chi connectivity index (χ4n) is 1.39. The summed E-state index contributed by atoms with van der Waals surface area (Å²) in [7, 11) is -3.24. The molecular formula is C13H16ClNO3S. The van der Waals surface area contributed by atoms with Gasteiger partial charge in [-0.3, -0.25) is 4.79 Å². The van der Waals surface area contributed by atoms with Crippen molar-refractivity contribution >= 4 is 39.1 Å². The predicted octanol–water partition coefficient (Wildman–Crippen LogP) is 2.31. The Morgan fingerprint density at radius 2 is 1.89 bits per heavy atom. The standard InChI is InChI=1S/C13H16ClNO3S/c1-2-11-3-5-12(6-4-11)15-13(16)7-9-19(17,18)10-8-14/h2-6H,1,7-10H2,(H,15,16). The van der Waals surface area contributed by atoms with Crippen molar-refractivity contribution in [3.63, 3.8) is 0 Å². The molecule has 1 amide bonds. The van der Waals surface area contributed by atoms with E-state index in [0.29, 0.717) is 5.69 Å². The van der Waals surface area contributed by atoms with Crippen LogP contribution in [0.25, 0.3) is 6.08 Å². The lowest BCUT2D eigenvalue weighted by Gasteiger charge is -2.06. The molecule has 0 saturated heterocycles. The second-order valence-corrected chi connectivity index (χ2v) is 6.65. The normalized spacial score (nSPS) is 11.0. The molecule has 0 aromatic heterocycles. The van der Waals surface area contributed by atoms with E-state index in [4.69, 9.17) is 11.6 Å². The Morgan fingerprint density at radius 3 is 2.42 bits per heavy atom. The van der Waals surface area contributed by atoms with Crippen molar-refractivity contribution < 1.29 is 13.2 Å². The number of benzene rings is 1. The number of halogens is 1. The summed E-state index contributed by atoms with van der Waals surface area (Å²) in [6.07, 6.45) is 1.63. The molecule has 0 aliphatic heterocycles. The summed E-state index contributed by atoms with van der Waals surface area (Å²) >= 11 is 5.37. The van der Waals surface area contributed by atoms with Gasteiger partial charge in [0.05, 0.1) is 11.5 Å². The van der Waals surface area contributed by atoms with Gasteiger partial charge in [-0.05, 0) is 17.7 Å². The number of nitrogens with one attached hydrogen (secondary N) is 1. The Kier molecular flexibility index (Phi) is 6.05. The van der Waals surface area contributed by atoms with Crippen LogP contribution < -0.4 is 5.32 Å². The zero-order valence-corrected chi connectivity index (χ0v) is 12.0. The Labute approximate surface area is 118 Å². The molecule has 0 spiro atoms. The van der Waals surface area contributed by atoms with E-state index in [-0.39, 0.29) is 29.7 Å². The summed E-state index contributed by atoms with van der Waals surface area (Å²) < 4.78 is 22.8. The van der Waals surface area contributed by atoms with E-state index in [1.54, 1.807) is 18.2 Å². The number of carbonyl (C=O) groups is 1. The molecule has 19 heavy (non-hydrogen) atoms. The van der Waals surface area contributed by atoms with Crippen LogP contribution in [0.4, 0.5) is 5.69 Å². The third-order valence-corrected chi connectivity index (χ3v) is 4.52. The van der Waals surface area contributed by atoms with Crippen LogP contribution in [0.15, 0.2) is 30.8 Å². The maximum absolute atomic E-state index is 11.6. The lowest BCUT2D eigenvalue weighted by Crippen LogP contribution is -2.19. The van der Waals surface area contributed by atoms with E-state index in [1.165, 1.54) is 0 Å². The first kappa shape index (κ1) is 15.7. The quantitative estimate of drug-likeness (QED) is 0.786. The van der Waals surface area contributed by atoms with Crippen LogP contribution in [-0.2, 0) is 14.6 Å². The fraction of sp³-hybridized carbons (Fsp3) is 0.308. The van der Waals surface area contributed by atoms with Crippen LogP contribution in [0.5, 0.6) is 0 Å². The molecule has 0 bridgehead atoms. The van der Waals surface area contributed by atoms with Crippen molar-refractivity contribution in [1.29, 1.82) is 0 Å². The largest absolute Gasteiger partial charge is 0.326 e. The van der Waals surface area contributed by atoms with Crippen molar-refractivity contribution in [3.8, 4) is 0 Å². The highest BCUT2D eigenvalue weighted by atomic mass is 35.5. The van der Waals surface area contributed by atoms with Crippen LogP contribution in [-0.4, -0.2) is 31.7 Å².